The molecule has 0 aliphatic heterocycles. The van der Waals surface area contributed by atoms with Gasteiger partial charge in [0.15, 0.2) is 11.0 Å². The lowest BCUT2D eigenvalue weighted by molar-refractivity contribution is -0.113. The number of nitrogens with one attached hydrogen (secondary N) is 2. The van der Waals surface area contributed by atoms with E-state index in [2.05, 4.69) is 21.5 Å². The molecule has 132 valence electrons. The fraction of sp³-hybridized carbons (Fsp3) is 0.118. The predicted octanol–water partition coefficient (Wildman–Crippen LogP) is 4.89. The zero-order valence-electron chi connectivity index (χ0n) is 13.7. The Morgan fingerprint density at radius 1 is 1.27 bits per heavy atom. The number of H-pyrrole nitrogens is 1. The Kier molecular flexibility index (Phi) is 4.91. The molecule has 4 aromatic rings. The molecular formula is C17H14N4O2S3. The Morgan fingerprint density at radius 2 is 2.04 bits per heavy atom. The Hall–Kier alpha value is -2.36. The molecular weight excluding hydrogens is 388 g/mol. The molecule has 0 atom stereocenters. The first-order valence-corrected chi connectivity index (χ1v) is 10.5. The number of aryl methyl sites for hydroxylation is 1. The van der Waals surface area contributed by atoms with Gasteiger partial charge >= 0.3 is 0 Å². The minimum absolute atomic E-state index is 0.157. The van der Waals surface area contributed by atoms with Crippen molar-refractivity contribution in [1.29, 1.82) is 0 Å². The van der Waals surface area contributed by atoms with Crippen molar-refractivity contribution in [2.45, 2.75) is 12.1 Å². The van der Waals surface area contributed by atoms with Crippen LogP contribution in [0.25, 0.3) is 21.1 Å². The van der Waals surface area contributed by atoms with Gasteiger partial charge in [-0.25, -0.2) is 4.98 Å². The van der Waals surface area contributed by atoms with Crippen molar-refractivity contribution < 1.29 is 9.32 Å². The van der Waals surface area contributed by atoms with E-state index >= 15 is 0 Å². The summed E-state index contributed by atoms with van der Waals surface area (Å²) in [4.78, 5) is 22.4. The van der Waals surface area contributed by atoms with Crippen molar-refractivity contribution in [3.63, 3.8) is 0 Å². The minimum atomic E-state index is -0.157. The molecule has 0 bridgehead atoms. The van der Waals surface area contributed by atoms with Crippen LogP contribution in [-0.4, -0.2) is 26.8 Å². The van der Waals surface area contributed by atoms with Crippen LogP contribution in [0.5, 0.6) is 0 Å². The zero-order chi connectivity index (χ0) is 17.9. The standard InChI is InChI=1S/C17H14N4O2S3/c1-10-8-13(21-23-10)18-14(22)9-26-17-19-15(11-4-2-6-24-11)16(20-17)12-5-3-7-25-12/h2-8H,9H2,1H3,(H,19,20)(H,18,21,22). The Bertz CT molecular complexity index is 951. The molecule has 0 saturated carbocycles. The molecule has 9 heteroatoms. The number of nitrogens with zero attached hydrogens (tertiary/aromatic N) is 2. The van der Waals surface area contributed by atoms with Crippen LogP contribution < -0.4 is 5.32 Å². The molecule has 26 heavy (non-hydrogen) atoms. The predicted molar refractivity (Wildman–Crippen MR) is 106 cm³/mol. The van der Waals surface area contributed by atoms with Crippen LogP contribution in [0.2, 0.25) is 0 Å². The van der Waals surface area contributed by atoms with Crippen molar-refractivity contribution in [3.05, 3.63) is 46.9 Å². The van der Waals surface area contributed by atoms with E-state index in [1.165, 1.54) is 11.8 Å². The van der Waals surface area contributed by atoms with Crippen molar-refractivity contribution in [2.24, 2.45) is 0 Å². The van der Waals surface area contributed by atoms with Gasteiger partial charge in [0.25, 0.3) is 0 Å². The van der Waals surface area contributed by atoms with E-state index in [-0.39, 0.29) is 11.7 Å². The second-order valence-corrected chi connectivity index (χ2v) is 8.24. The quantitative estimate of drug-likeness (QED) is 0.449. The third-order valence-electron chi connectivity index (χ3n) is 3.44. The molecule has 0 aromatic carbocycles. The van der Waals surface area contributed by atoms with E-state index < -0.39 is 0 Å². The number of hydrogen-bond donors (Lipinski definition) is 2. The van der Waals surface area contributed by atoms with Gasteiger partial charge < -0.3 is 14.8 Å². The highest BCUT2D eigenvalue weighted by Crippen LogP contribution is 2.36. The van der Waals surface area contributed by atoms with Crippen LogP contribution in [0.3, 0.4) is 0 Å². The Balaban J connectivity index is 1.50. The average Bonchev–Trinajstić information content (AvgIpc) is 3.39. The lowest BCUT2D eigenvalue weighted by atomic mass is 10.2. The largest absolute Gasteiger partial charge is 0.360 e. The number of anilines is 1. The number of amides is 1. The number of imidazole rings is 1. The maximum Gasteiger partial charge on any atom is 0.236 e. The van der Waals surface area contributed by atoms with E-state index in [1.54, 1.807) is 35.7 Å². The zero-order valence-corrected chi connectivity index (χ0v) is 16.1. The van der Waals surface area contributed by atoms with Gasteiger partial charge in [0.2, 0.25) is 5.91 Å². The molecule has 0 aliphatic rings. The molecule has 0 fully saturated rings. The van der Waals surface area contributed by atoms with E-state index in [9.17, 15) is 4.79 Å². The highest BCUT2D eigenvalue weighted by molar-refractivity contribution is 7.99. The van der Waals surface area contributed by atoms with E-state index in [1.807, 2.05) is 29.0 Å². The minimum Gasteiger partial charge on any atom is -0.360 e. The molecule has 6 nitrogen and oxygen atoms in total. The number of hydrogen-bond acceptors (Lipinski definition) is 7. The summed E-state index contributed by atoms with van der Waals surface area (Å²) in [5.74, 6) is 1.15. The van der Waals surface area contributed by atoms with Crippen LogP contribution in [0.15, 0.2) is 50.8 Å². The number of aromatic nitrogens is 3. The molecule has 2 N–H and O–H groups in total. The monoisotopic (exact) mass is 402 g/mol. The number of thioether (sulfide) groups is 1. The fourth-order valence-corrected chi connectivity index (χ4v) is 4.47. The first-order chi connectivity index (χ1) is 12.7. The Morgan fingerprint density at radius 3 is 2.69 bits per heavy atom. The topological polar surface area (TPSA) is 83.8 Å². The molecule has 4 rings (SSSR count). The lowest BCUT2D eigenvalue weighted by Crippen LogP contribution is -2.14. The summed E-state index contributed by atoms with van der Waals surface area (Å²) in [6.07, 6.45) is 0. The third-order valence-corrected chi connectivity index (χ3v) is 6.08. The van der Waals surface area contributed by atoms with Crippen LogP contribution in [0.1, 0.15) is 5.76 Å². The number of aromatic amines is 1. The second kappa shape index (κ2) is 7.48. The average molecular weight is 403 g/mol. The van der Waals surface area contributed by atoms with Crippen LogP contribution in [-0.2, 0) is 4.79 Å². The van der Waals surface area contributed by atoms with Gasteiger partial charge in [0, 0.05) is 6.07 Å². The third kappa shape index (κ3) is 3.74. The first kappa shape index (κ1) is 17.1. The van der Waals surface area contributed by atoms with E-state index in [0.29, 0.717) is 16.7 Å². The first-order valence-electron chi connectivity index (χ1n) is 7.73. The van der Waals surface area contributed by atoms with Crippen molar-refractivity contribution in [3.8, 4) is 21.1 Å². The van der Waals surface area contributed by atoms with Gasteiger partial charge in [-0.2, -0.15) is 0 Å². The molecule has 0 unspecified atom stereocenters. The van der Waals surface area contributed by atoms with Gasteiger partial charge in [-0.15, -0.1) is 22.7 Å². The summed E-state index contributed by atoms with van der Waals surface area (Å²) in [7, 11) is 0. The number of thiophene rings is 2. The second-order valence-electron chi connectivity index (χ2n) is 5.38. The normalized spacial score (nSPS) is 11.0. The maximum atomic E-state index is 12.1. The summed E-state index contributed by atoms with van der Waals surface area (Å²) >= 11 is 4.66. The molecule has 1 amide bonds. The van der Waals surface area contributed by atoms with Gasteiger partial charge in [-0.05, 0) is 29.8 Å². The number of carbonyl (C=O) groups excluding carboxylic acids is 1. The molecule has 4 aromatic heterocycles. The number of rotatable bonds is 6. The highest BCUT2D eigenvalue weighted by atomic mass is 32.2. The molecule has 0 spiro atoms. The molecule has 0 radical (unpaired) electrons. The van der Waals surface area contributed by atoms with Crippen molar-refractivity contribution >= 4 is 46.2 Å². The summed E-state index contributed by atoms with van der Waals surface area (Å²) < 4.78 is 4.94. The summed E-state index contributed by atoms with van der Waals surface area (Å²) in [6.45, 7) is 1.78. The van der Waals surface area contributed by atoms with Crippen molar-refractivity contribution in [1.82, 2.24) is 15.1 Å². The summed E-state index contributed by atoms with van der Waals surface area (Å²) in [5.41, 5.74) is 1.90. The molecule has 4 heterocycles. The Labute approximate surface area is 161 Å². The van der Waals surface area contributed by atoms with Gasteiger partial charge in [-0.1, -0.05) is 29.1 Å². The van der Waals surface area contributed by atoms with Gasteiger partial charge in [0.05, 0.1) is 21.2 Å². The smallest absolute Gasteiger partial charge is 0.236 e. The summed E-state index contributed by atoms with van der Waals surface area (Å²) in [5, 5.41) is 11.2. The van der Waals surface area contributed by atoms with E-state index in [0.717, 1.165) is 21.1 Å². The van der Waals surface area contributed by atoms with Gasteiger partial charge in [-0.3, -0.25) is 4.79 Å². The summed E-state index contributed by atoms with van der Waals surface area (Å²) in [6, 6.07) is 9.81. The highest BCUT2D eigenvalue weighted by Gasteiger charge is 2.17. The SMILES string of the molecule is Cc1cc(NC(=O)CSc2nc(-c3cccs3)c(-c3cccs3)[nH]2)no1. The van der Waals surface area contributed by atoms with Crippen LogP contribution in [0, 0.1) is 6.92 Å². The number of carbonyl (C=O) groups is 1. The van der Waals surface area contributed by atoms with Gasteiger partial charge in [0.1, 0.15) is 11.5 Å². The fourth-order valence-electron chi connectivity index (χ4n) is 2.35. The van der Waals surface area contributed by atoms with Crippen molar-refractivity contribution in [2.75, 3.05) is 11.1 Å². The maximum absolute atomic E-state index is 12.1. The van der Waals surface area contributed by atoms with E-state index in [4.69, 9.17) is 9.51 Å². The molecule has 0 aliphatic carbocycles. The van der Waals surface area contributed by atoms with Crippen LogP contribution >= 0.6 is 34.4 Å². The van der Waals surface area contributed by atoms with Crippen LogP contribution in [0.4, 0.5) is 5.82 Å². The molecule has 0 saturated heterocycles. The lowest BCUT2D eigenvalue weighted by Gasteiger charge is -1.99.